The quantitative estimate of drug-likeness (QED) is 0.693. The SMILES string of the molecule is O=C(C1=C(O)C(=O)N(c2ccc(F)cc2)C1c1ccncc1)c1cccs1. The zero-order chi connectivity index (χ0) is 19.0. The minimum atomic E-state index is -0.833. The number of Topliss-reactive ketones (excluding diaryl/α,β-unsaturated/α-hetero) is 1. The third-order valence-electron chi connectivity index (χ3n) is 4.32. The summed E-state index contributed by atoms with van der Waals surface area (Å²) >= 11 is 1.23. The summed E-state index contributed by atoms with van der Waals surface area (Å²) in [6.07, 6.45) is 3.09. The van der Waals surface area contributed by atoms with Gasteiger partial charge in [-0.2, -0.15) is 0 Å². The fraction of sp³-hybridized carbons (Fsp3) is 0.0500. The monoisotopic (exact) mass is 380 g/mol. The average molecular weight is 380 g/mol. The van der Waals surface area contributed by atoms with Gasteiger partial charge < -0.3 is 5.11 Å². The molecule has 0 fully saturated rings. The number of hydrogen-bond donors (Lipinski definition) is 1. The second kappa shape index (κ2) is 6.77. The lowest BCUT2D eigenvalue weighted by Crippen LogP contribution is -2.31. The highest BCUT2D eigenvalue weighted by Crippen LogP contribution is 2.42. The zero-order valence-electron chi connectivity index (χ0n) is 13.9. The molecule has 3 heterocycles. The average Bonchev–Trinajstić information content (AvgIpc) is 3.31. The first kappa shape index (κ1) is 17.1. The Morgan fingerprint density at radius 2 is 1.81 bits per heavy atom. The second-order valence-electron chi connectivity index (χ2n) is 5.90. The molecule has 0 saturated heterocycles. The molecule has 1 N–H and O–H groups in total. The number of aromatic nitrogens is 1. The highest BCUT2D eigenvalue weighted by atomic mass is 32.1. The summed E-state index contributed by atoms with van der Waals surface area (Å²) in [5, 5.41) is 12.3. The van der Waals surface area contributed by atoms with Gasteiger partial charge in [0.2, 0.25) is 5.78 Å². The molecule has 0 bridgehead atoms. The van der Waals surface area contributed by atoms with E-state index in [4.69, 9.17) is 0 Å². The summed E-state index contributed by atoms with van der Waals surface area (Å²) in [5.41, 5.74) is 0.994. The van der Waals surface area contributed by atoms with Crippen LogP contribution in [0.4, 0.5) is 10.1 Å². The highest BCUT2D eigenvalue weighted by molar-refractivity contribution is 7.12. The fourth-order valence-electron chi connectivity index (χ4n) is 3.11. The topological polar surface area (TPSA) is 70.5 Å². The number of carbonyl (C=O) groups excluding carboxylic acids is 2. The first-order valence-electron chi connectivity index (χ1n) is 8.08. The molecular weight excluding hydrogens is 367 g/mol. The van der Waals surface area contributed by atoms with Crippen molar-refractivity contribution in [3.63, 3.8) is 0 Å². The van der Waals surface area contributed by atoms with Gasteiger partial charge in [0.15, 0.2) is 5.76 Å². The van der Waals surface area contributed by atoms with Gasteiger partial charge in [-0.1, -0.05) is 6.07 Å². The van der Waals surface area contributed by atoms with E-state index in [1.165, 1.54) is 40.5 Å². The van der Waals surface area contributed by atoms with Crippen LogP contribution in [0, 0.1) is 5.82 Å². The van der Waals surface area contributed by atoms with Crippen LogP contribution in [0.5, 0.6) is 0 Å². The van der Waals surface area contributed by atoms with Crippen molar-refractivity contribution in [2.45, 2.75) is 6.04 Å². The number of pyridine rings is 1. The van der Waals surface area contributed by atoms with E-state index in [0.29, 0.717) is 16.1 Å². The largest absolute Gasteiger partial charge is 0.503 e. The Morgan fingerprint density at radius 3 is 2.44 bits per heavy atom. The van der Waals surface area contributed by atoms with Gasteiger partial charge in [0.05, 0.1) is 16.5 Å². The summed E-state index contributed by atoms with van der Waals surface area (Å²) in [4.78, 5) is 31.5. The number of carbonyl (C=O) groups is 2. The molecule has 1 aliphatic heterocycles. The Kier molecular flexibility index (Phi) is 4.29. The summed E-state index contributed by atoms with van der Waals surface area (Å²) in [7, 11) is 0. The summed E-state index contributed by atoms with van der Waals surface area (Å²) in [5.74, 6) is -2.16. The first-order chi connectivity index (χ1) is 13.1. The van der Waals surface area contributed by atoms with Crippen molar-refractivity contribution in [2.24, 2.45) is 0 Å². The molecule has 0 saturated carbocycles. The normalized spacial score (nSPS) is 16.9. The summed E-state index contributed by atoms with van der Waals surface area (Å²) in [6.45, 7) is 0. The number of hydrogen-bond acceptors (Lipinski definition) is 5. The van der Waals surface area contributed by atoms with Gasteiger partial charge in [-0.15, -0.1) is 11.3 Å². The van der Waals surface area contributed by atoms with Crippen LogP contribution in [0.25, 0.3) is 0 Å². The Morgan fingerprint density at radius 1 is 1.11 bits per heavy atom. The molecule has 0 radical (unpaired) electrons. The molecule has 5 nitrogen and oxygen atoms in total. The third kappa shape index (κ3) is 2.92. The third-order valence-corrected chi connectivity index (χ3v) is 5.19. The lowest BCUT2D eigenvalue weighted by atomic mass is 9.96. The van der Waals surface area contributed by atoms with E-state index in [1.54, 1.807) is 42.0 Å². The molecule has 1 amide bonds. The van der Waals surface area contributed by atoms with E-state index >= 15 is 0 Å². The number of aliphatic hydroxyl groups is 1. The zero-order valence-corrected chi connectivity index (χ0v) is 14.7. The molecule has 1 atom stereocenters. The molecule has 1 unspecified atom stereocenters. The minimum absolute atomic E-state index is 0.00188. The second-order valence-corrected chi connectivity index (χ2v) is 6.85. The van der Waals surface area contributed by atoms with E-state index in [9.17, 15) is 19.1 Å². The van der Waals surface area contributed by atoms with Gasteiger partial charge >= 0.3 is 0 Å². The van der Waals surface area contributed by atoms with Gasteiger partial charge in [0.25, 0.3) is 5.91 Å². The van der Waals surface area contributed by atoms with Crippen LogP contribution in [-0.4, -0.2) is 21.8 Å². The number of anilines is 1. The lowest BCUT2D eigenvalue weighted by molar-refractivity contribution is -0.117. The van der Waals surface area contributed by atoms with E-state index in [2.05, 4.69) is 4.98 Å². The Balaban J connectivity index is 1.87. The Bertz CT molecular complexity index is 1030. The number of halogens is 1. The van der Waals surface area contributed by atoms with Crippen molar-refractivity contribution in [1.29, 1.82) is 0 Å². The van der Waals surface area contributed by atoms with E-state index in [-0.39, 0.29) is 5.57 Å². The fourth-order valence-corrected chi connectivity index (χ4v) is 3.78. The predicted octanol–water partition coefficient (Wildman–Crippen LogP) is 4.07. The van der Waals surface area contributed by atoms with Crippen LogP contribution in [0.3, 0.4) is 0 Å². The molecule has 4 rings (SSSR count). The van der Waals surface area contributed by atoms with Crippen LogP contribution >= 0.6 is 11.3 Å². The van der Waals surface area contributed by atoms with Crippen LogP contribution in [0.15, 0.2) is 77.6 Å². The molecule has 2 aromatic heterocycles. The molecular formula is C20H13FN2O3S. The number of rotatable bonds is 4. The molecule has 0 spiro atoms. The van der Waals surface area contributed by atoms with Crippen LogP contribution in [0.1, 0.15) is 21.3 Å². The number of thiophene rings is 1. The van der Waals surface area contributed by atoms with Gasteiger partial charge in [-0.3, -0.25) is 19.5 Å². The maximum Gasteiger partial charge on any atom is 0.294 e. The highest BCUT2D eigenvalue weighted by Gasteiger charge is 2.44. The number of nitrogens with zero attached hydrogens (tertiary/aromatic N) is 2. The van der Waals surface area contributed by atoms with E-state index < -0.39 is 29.3 Å². The van der Waals surface area contributed by atoms with Crippen molar-refractivity contribution in [2.75, 3.05) is 4.90 Å². The first-order valence-corrected chi connectivity index (χ1v) is 8.96. The lowest BCUT2D eigenvalue weighted by Gasteiger charge is -2.26. The molecule has 0 aliphatic carbocycles. The summed E-state index contributed by atoms with van der Waals surface area (Å²) in [6, 6.07) is 11.2. The Hall–Kier alpha value is -3.32. The molecule has 7 heteroatoms. The standard InChI is InChI=1S/C20H13FN2O3S/c21-13-3-5-14(6-4-13)23-17(12-7-9-22-10-8-12)16(19(25)20(23)26)18(24)15-2-1-11-27-15/h1-11,17,25H. The van der Waals surface area contributed by atoms with E-state index in [1.807, 2.05) is 0 Å². The molecule has 27 heavy (non-hydrogen) atoms. The van der Waals surface area contributed by atoms with Gasteiger partial charge in [-0.05, 0) is 53.4 Å². The number of benzene rings is 1. The maximum atomic E-state index is 13.3. The van der Waals surface area contributed by atoms with Crippen molar-refractivity contribution >= 4 is 28.7 Å². The maximum absolute atomic E-state index is 13.3. The van der Waals surface area contributed by atoms with Crippen molar-refractivity contribution < 1.29 is 19.1 Å². The smallest absolute Gasteiger partial charge is 0.294 e. The van der Waals surface area contributed by atoms with Gasteiger partial charge in [-0.25, -0.2) is 4.39 Å². The summed E-state index contributed by atoms with van der Waals surface area (Å²) < 4.78 is 13.3. The molecule has 3 aromatic rings. The predicted molar refractivity (Wildman–Crippen MR) is 99.2 cm³/mol. The molecule has 1 aliphatic rings. The van der Waals surface area contributed by atoms with Crippen molar-refractivity contribution in [1.82, 2.24) is 4.98 Å². The van der Waals surface area contributed by atoms with Crippen molar-refractivity contribution in [3.8, 4) is 0 Å². The van der Waals surface area contributed by atoms with Gasteiger partial charge in [0, 0.05) is 18.1 Å². The number of aliphatic hydroxyl groups excluding tert-OH is 1. The van der Waals surface area contributed by atoms with E-state index in [0.717, 1.165) is 0 Å². The molecule has 134 valence electrons. The molecule has 1 aromatic carbocycles. The van der Waals surface area contributed by atoms with Gasteiger partial charge in [0.1, 0.15) is 5.82 Å². The van der Waals surface area contributed by atoms with Crippen molar-refractivity contribution in [3.05, 3.63) is 93.9 Å². The van der Waals surface area contributed by atoms with Crippen LogP contribution in [-0.2, 0) is 4.79 Å². The number of amides is 1. The minimum Gasteiger partial charge on any atom is -0.503 e. The van der Waals surface area contributed by atoms with Crippen LogP contribution < -0.4 is 4.90 Å². The Labute approximate surface area is 158 Å². The van der Waals surface area contributed by atoms with Crippen LogP contribution in [0.2, 0.25) is 0 Å². The number of ketones is 1.